The fourth-order valence-corrected chi connectivity index (χ4v) is 0. The Hall–Kier alpha value is 0.950. The molecule has 0 aliphatic heterocycles. The van der Waals surface area contributed by atoms with Crippen LogP contribution in [-0.2, 0) is 11.8 Å². The second kappa shape index (κ2) is 3.95. The molecule has 0 N–H and O–H groups in total. The third kappa shape index (κ3) is 2.95. The molecule has 0 saturated heterocycles. The molecule has 0 aliphatic rings. The number of hydrogen-bond donors (Lipinski definition) is 0. The van der Waals surface area contributed by atoms with E-state index in [2.05, 4.69) is 11.8 Å². The van der Waals surface area contributed by atoms with Crippen LogP contribution < -0.4 is 0 Å². The first-order valence-electron chi connectivity index (χ1n) is 0.830. The van der Waals surface area contributed by atoms with Crippen LogP contribution >= 0.6 is 14.5 Å². The molecule has 0 atom stereocenters. The van der Waals surface area contributed by atoms with Gasteiger partial charge >= 0.3 is 33.0 Å². The molecule has 22 valence electrons. The van der Waals surface area contributed by atoms with E-state index in [1.807, 2.05) is 6.66 Å². The van der Waals surface area contributed by atoms with Crippen LogP contribution in [0.2, 0.25) is 0 Å². The van der Waals surface area contributed by atoms with Crippen LogP contribution in [0, 0.1) is 0 Å². The van der Waals surface area contributed by atoms with Gasteiger partial charge in [-0.3, -0.25) is 0 Å². The number of rotatable bonds is 0. The molecule has 0 aliphatic carbocycles. The Balaban J connectivity index is 3.11. The Labute approximate surface area is 33.7 Å². The first kappa shape index (κ1) is 4.95. The van der Waals surface area contributed by atoms with Crippen molar-refractivity contribution >= 4 is 26.3 Å². The molecule has 0 heterocycles. The molecule has 0 spiro atoms. The van der Waals surface area contributed by atoms with Crippen LogP contribution in [0.3, 0.4) is 0 Å². The Morgan fingerprint density at radius 2 is 2.25 bits per heavy atom. The van der Waals surface area contributed by atoms with Crippen LogP contribution in [-0.4, -0.2) is 6.66 Å². The van der Waals surface area contributed by atoms with Gasteiger partial charge in [-0.1, -0.05) is 0 Å². The van der Waals surface area contributed by atoms with Crippen molar-refractivity contribution in [1.82, 2.24) is 0 Å². The van der Waals surface area contributed by atoms with E-state index in [-0.39, 0.29) is 0 Å². The summed E-state index contributed by atoms with van der Waals surface area (Å²) in [5, 5.41) is 0. The van der Waals surface area contributed by atoms with Crippen molar-refractivity contribution in [2.75, 3.05) is 6.66 Å². The zero-order valence-electron chi connectivity index (χ0n) is 2.30. The van der Waals surface area contributed by atoms with Crippen molar-refractivity contribution in [3.05, 3.63) is 0 Å². The summed E-state index contributed by atoms with van der Waals surface area (Å²) in [6.45, 7) is 3.09. The SMILES string of the molecule is CP=[P+]=S. The third-order valence-electron chi connectivity index (χ3n) is 0.0816. The third-order valence-corrected chi connectivity index (χ3v) is 2.20. The van der Waals surface area contributed by atoms with Gasteiger partial charge < -0.3 is 0 Å². The van der Waals surface area contributed by atoms with E-state index in [1.165, 1.54) is 7.87 Å². The number of hydrogen-bond acceptors (Lipinski definition) is 1. The van der Waals surface area contributed by atoms with Crippen molar-refractivity contribution in [3.8, 4) is 0 Å². The van der Waals surface area contributed by atoms with Gasteiger partial charge in [0, 0.05) is 0 Å². The Kier molecular flexibility index (Phi) is 4.89. The summed E-state index contributed by atoms with van der Waals surface area (Å²) in [6, 6.07) is 0. The molecule has 0 aromatic rings. The molecule has 0 aromatic carbocycles. The fourth-order valence-electron chi connectivity index (χ4n) is 0. The van der Waals surface area contributed by atoms with E-state index in [0.29, 0.717) is 0 Å². The molecular formula is CH3P2S+. The molecule has 4 heavy (non-hydrogen) atoms. The van der Waals surface area contributed by atoms with Crippen LogP contribution in [0.25, 0.3) is 0 Å². The zero-order chi connectivity index (χ0) is 3.41. The van der Waals surface area contributed by atoms with Crippen molar-refractivity contribution < 1.29 is 0 Å². The van der Waals surface area contributed by atoms with E-state index < -0.39 is 0 Å². The molecule has 3 heteroatoms. The average Bonchev–Trinajstić information content (AvgIpc) is 1.37. The van der Waals surface area contributed by atoms with Gasteiger partial charge in [-0.2, -0.15) is 0 Å². The van der Waals surface area contributed by atoms with Gasteiger partial charge in [-0.15, -0.1) is 0 Å². The van der Waals surface area contributed by atoms with E-state index >= 15 is 0 Å². The van der Waals surface area contributed by atoms with E-state index in [1.54, 1.807) is 0 Å². The second-order valence-corrected chi connectivity index (χ2v) is 4.00. The molecule has 0 radical (unpaired) electrons. The first-order chi connectivity index (χ1) is 1.91. The predicted molar refractivity (Wildman–Crippen MR) is 27.1 cm³/mol. The van der Waals surface area contributed by atoms with Gasteiger partial charge in [0.05, 0.1) is 0 Å². The molecule has 0 aromatic heterocycles. The summed E-state index contributed by atoms with van der Waals surface area (Å²) in [6.07, 6.45) is 0. The minimum absolute atomic E-state index is 1.05. The normalized spacial score (nSPS) is 7.25. The average molecular weight is 109 g/mol. The quantitative estimate of drug-likeness (QED) is 0.428. The second-order valence-electron chi connectivity index (χ2n) is 0.282. The molecule has 0 nitrogen and oxygen atoms in total. The van der Waals surface area contributed by atoms with Gasteiger partial charge in [0.15, 0.2) is 0 Å². The summed E-state index contributed by atoms with van der Waals surface area (Å²) in [5.74, 6) is 0. The molecule has 0 fully saturated rings. The van der Waals surface area contributed by atoms with Gasteiger partial charge in [0.2, 0.25) is 0 Å². The standard InChI is InChI=1S/CH3P2S/c1-2-3-4/h1H3/q+1. The van der Waals surface area contributed by atoms with Crippen molar-refractivity contribution in [1.29, 1.82) is 0 Å². The van der Waals surface area contributed by atoms with E-state index in [9.17, 15) is 0 Å². The summed E-state index contributed by atoms with van der Waals surface area (Å²) in [5.41, 5.74) is 0. The van der Waals surface area contributed by atoms with Gasteiger partial charge in [-0.25, -0.2) is 0 Å². The maximum absolute atomic E-state index is 4.51. The van der Waals surface area contributed by atoms with Crippen LogP contribution in [0.15, 0.2) is 0 Å². The van der Waals surface area contributed by atoms with Gasteiger partial charge in [0.1, 0.15) is 0 Å². The zero-order valence-corrected chi connectivity index (χ0v) is 4.91. The molecule has 0 rings (SSSR count). The molecule has 0 bridgehead atoms. The Morgan fingerprint density at radius 1 is 2.00 bits per heavy atom. The Bertz CT molecular complexity index is 44.0. The van der Waals surface area contributed by atoms with Gasteiger partial charge in [-0.05, 0) is 0 Å². The monoisotopic (exact) mass is 109 g/mol. The van der Waals surface area contributed by atoms with Crippen LogP contribution in [0.1, 0.15) is 0 Å². The van der Waals surface area contributed by atoms with Crippen LogP contribution in [0.4, 0.5) is 0 Å². The van der Waals surface area contributed by atoms with Crippen molar-refractivity contribution in [2.45, 2.75) is 0 Å². The predicted octanol–water partition coefficient (Wildman–Crippen LogP) is 1.89. The summed E-state index contributed by atoms with van der Waals surface area (Å²) >= 11 is 4.51. The maximum atomic E-state index is 4.51. The minimum atomic E-state index is 1.05. The molecule has 0 amide bonds. The first-order valence-corrected chi connectivity index (χ1v) is 4.78. The topological polar surface area (TPSA) is 0 Å². The summed E-state index contributed by atoms with van der Waals surface area (Å²) in [7, 11) is 1.29. The molecule has 0 saturated carbocycles. The van der Waals surface area contributed by atoms with Crippen LogP contribution in [0.5, 0.6) is 0 Å². The fraction of sp³-hybridized carbons (Fsp3) is 1.00. The summed E-state index contributed by atoms with van der Waals surface area (Å²) in [4.78, 5) is 0. The summed E-state index contributed by atoms with van der Waals surface area (Å²) < 4.78 is 0. The van der Waals surface area contributed by atoms with Crippen molar-refractivity contribution in [3.63, 3.8) is 0 Å². The van der Waals surface area contributed by atoms with Gasteiger partial charge in [0.25, 0.3) is 0 Å². The molecular weight excluding hydrogens is 106 g/mol. The molecule has 0 unspecified atom stereocenters. The van der Waals surface area contributed by atoms with E-state index in [4.69, 9.17) is 0 Å². The van der Waals surface area contributed by atoms with E-state index in [0.717, 1.165) is 6.64 Å². The Morgan fingerprint density at radius 3 is 2.25 bits per heavy atom. The van der Waals surface area contributed by atoms with Crippen molar-refractivity contribution in [2.24, 2.45) is 0 Å².